The molecule has 0 radical (unpaired) electrons. The van der Waals surface area contributed by atoms with E-state index in [1.807, 2.05) is 0 Å². The Morgan fingerprint density at radius 3 is 2.57 bits per heavy atom. The largest absolute Gasteiger partial charge is 0.444 e. The number of rotatable bonds is 7. The van der Waals surface area contributed by atoms with Gasteiger partial charge in [-0.05, 0) is 33.6 Å². The molecule has 0 aromatic heterocycles. The number of hydrogen-bond donors (Lipinski definition) is 2. The molecule has 8 nitrogen and oxygen atoms in total. The fourth-order valence-corrected chi connectivity index (χ4v) is 1.99. The van der Waals surface area contributed by atoms with Crippen LogP contribution < -0.4 is 5.32 Å². The average Bonchev–Trinajstić information content (AvgIpc) is 2.72. The van der Waals surface area contributed by atoms with Crippen LogP contribution in [0.5, 0.6) is 0 Å². The molecule has 1 fully saturated rings. The molecule has 0 saturated carbocycles. The van der Waals surface area contributed by atoms with E-state index in [0.29, 0.717) is 19.4 Å². The van der Waals surface area contributed by atoms with Gasteiger partial charge >= 0.3 is 12.1 Å². The van der Waals surface area contributed by atoms with Gasteiger partial charge in [0, 0.05) is 25.8 Å². The smallest absolute Gasteiger partial charge is 0.407 e. The fourth-order valence-electron chi connectivity index (χ4n) is 1.99. The number of nitrogens with zero attached hydrogens (tertiary/aromatic N) is 1. The summed E-state index contributed by atoms with van der Waals surface area (Å²) in [6.07, 6.45) is 1.13. The Morgan fingerprint density at radius 1 is 1.30 bits per heavy atom. The molecule has 1 heterocycles. The maximum absolute atomic E-state index is 11.6. The number of amides is 2. The zero-order chi connectivity index (χ0) is 17.5. The van der Waals surface area contributed by atoms with Gasteiger partial charge in [0.05, 0.1) is 0 Å². The van der Waals surface area contributed by atoms with E-state index in [0.717, 1.165) is 11.5 Å². The lowest BCUT2D eigenvalue weighted by molar-refractivity contribution is -0.220. The van der Waals surface area contributed by atoms with Gasteiger partial charge in [-0.15, -0.1) is 5.06 Å². The number of hydroxylamine groups is 2. The molecule has 1 unspecified atom stereocenters. The Kier molecular flexibility index (Phi) is 7.28. The lowest BCUT2D eigenvalue weighted by Gasteiger charge is -2.19. The van der Waals surface area contributed by atoms with Gasteiger partial charge in [-0.1, -0.05) is 6.42 Å². The first-order valence-electron chi connectivity index (χ1n) is 7.87. The molecule has 0 aromatic rings. The van der Waals surface area contributed by atoms with Gasteiger partial charge in [-0.3, -0.25) is 4.79 Å². The van der Waals surface area contributed by atoms with Crippen LogP contribution >= 0.6 is 0 Å². The van der Waals surface area contributed by atoms with E-state index >= 15 is 0 Å². The van der Waals surface area contributed by atoms with Crippen molar-refractivity contribution >= 4 is 18.0 Å². The van der Waals surface area contributed by atoms with Crippen LogP contribution in [0.25, 0.3) is 0 Å². The fraction of sp³-hybridized carbons (Fsp3) is 0.800. The first-order valence-corrected chi connectivity index (χ1v) is 7.87. The second kappa shape index (κ2) is 8.71. The summed E-state index contributed by atoms with van der Waals surface area (Å²) in [6.45, 7) is 5.84. The minimum atomic E-state index is -1.04. The molecule has 1 rings (SSSR count). The van der Waals surface area contributed by atoms with Crippen molar-refractivity contribution in [1.29, 1.82) is 0 Å². The third-order valence-corrected chi connectivity index (χ3v) is 3.06. The Bertz CT molecular complexity index is 432. The number of carbonyl (C=O) groups excluding carboxylic acids is 3. The molecule has 8 heteroatoms. The highest BCUT2D eigenvalue weighted by atomic mass is 16.7. The number of hydrogen-bond acceptors (Lipinski definition) is 6. The highest BCUT2D eigenvalue weighted by molar-refractivity contribution is 5.79. The number of alkyl carbamates (subject to hydrolysis) is 1. The summed E-state index contributed by atoms with van der Waals surface area (Å²) >= 11 is 0. The highest BCUT2D eigenvalue weighted by Gasteiger charge is 2.32. The molecule has 1 saturated heterocycles. The second-order valence-electron chi connectivity index (χ2n) is 6.44. The number of unbranched alkanes of at least 4 members (excludes halogenated alkanes) is 2. The molecule has 2 N–H and O–H groups in total. The molecule has 23 heavy (non-hydrogen) atoms. The molecule has 1 aliphatic rings. The predicted molar refractivity (Wildman–Crippen MR) is 80.9 cm³/mol. The van der Waals surface area contributed by atoms with Gasteiger partial charge in [-0.2, -0.15) is 0 Å². The monoisotopic (exact) mass is 330 g/mol. The summed E-state index contributed by atoms with van der Waals surface area (Å²) in [7, 11) is 0. The normalized spacial score (nSPS) is 18.0. The lowest BCUT2D eigenvalue weighted by atomic mass is 10.2. The van der Waals surface area contributed by atoms with Crippen molar-refractivity contribution in [3.05, 3.63) is 0 Å². The molecule has 1 atom stereocenters. The average molecular weight is 330 g/mol. The standard InChI is InChI=1S/C15H26N2O6/c1-15(2,3)22-14(21)16-10-6-4-5-7-13(20)23-17-11(18)8-9-12(17)19/h11,18H,4-10H2,1-3H3,(H,16,21). The van der Waals surface area contributed by atoms with E-state index in [2.05, 4.69) is 5.32 Å². The van der Waals surface area contributed by atoms with Crippen LogP contribution in [0.2, 0.25) is 0 Å². The van der Waals surface area contributed by atoms with Crippen LogP contribution in [-0.2, 0) is 19.2 Å². The number of aliphatic hydroxyl groups is 1. The van der Waals surface area contributed by atoms with Crippen LogP contribution in [0, 0.1) is 0 Å². The van der Waals surface area contributed by atoms with E-state index < -0.39 is 23.9 Å². The first kappa shape index (κ1) is 19.2. The van der Waals surface area contributed by atoms with E-state index in [4.69, 9.17) is 9.57 Å². The topological polar surface area (TPSA) is 105 Å². The van der Waals surface area contributed by atoms with Crippen LogP contribution in [0.15, 0.2) is 0 Å². The van der Waals surface area contributed by atoms with Crippen molar-refractivity contribution in [3.63, 3.8) is 0 Å². The summed E-state index contributed by atoms with van der Waals surface area (Å²) in [5, 5.41) is 12.8. The zero-order valence-corrected chi connectivity index (χ0v) is 14.0. The van der Waals surface area contributed by atoms with Crippen LogP contribution in [0.1, 0.15) is 59.3 Å². The zero-order valence-electron chi connectivity index (χ0n) is 14.0. The Labute approximate surface area is 136 Å². The second-order valence-corrected chi connectivity index (χ2v) is 6.44. The maximum atomic E-state index is 11.6. The molecular formula is C15H26N2O6. The number of nitrogens with one attached hydrogen (secondary N) is 1. The van der Waals surface area contributed by atoms with Crippen molar-refractivity contribution in [2.24, 2.45) is 0 Å². The van der Waals surface area contributed by atoms with Gasteiger partial charge in [0.1, 0.15) is 5.60 Å². The minimum absolute atomic E-state index is 0.156. The summed E-state index contributed by atoms with van der Waals surface area (Å²) < 4.78 is 5.09. The third-order valence-electron chi connectivity index (χ3n) is 3.06. The van der Waals surface area contributed by atoms with Gasteiger partial charge < -0.3 is 20.0 Å². The van der Waals surface area contributed by atoms with Crippen LogP contribution in [0.3, 0.4) is 0 Å². The van der Waals surface area contributed by atoms with Crippen molar-refractivity contribution in [3.8, 4) is 0 Å². The van der Waals surface area contributed by atoms with Crippen LogP contribution in [0.4, 0.5) is 4.79 Å². The predicted octanol–water partition coefficient (Wildman–Crippen LogP) is 1.47. The molecule has 0 aliphatic carbocycles. The summed E-state index contributed by atoms with van der Waals surface area (Å²) in [5.41, 5.74) is -0.522. The Hall–Kier alpha value is -1.83. The first-order chi connectivity index (χ1) is 10.7. The number of ether oxygens (including phenoxy) is 1. The van der Waals surface area contributed by atoms with Crippen molar-refractivity contribution < 1.29 is 29.1 Å². The van der Waals surface area contributed by atoms with Crippen molar-refractivity contribution in [2.45, 2.75) is 71.1 Å². The minimum Gasteiger partial charge on any atom is -0.444 e. The molecule has 1 aliphatic heterocycles. The van der Waals surface area contributed by atoms with E-state index in [1.165, 1.54) is 0 Å². The molecule has 2 amide bonds. The Morgan fingerprint density at radius 2 is 2.00 bits per heavy atom. The summed E-state index contributed by atoms with van der Waals surface area (Å²) in [6, 6.07) is 0. The van der Waals surface area contributed by atoms with E-state index in [-0.39, 0.29) is 25.2 Å². The third kappa shape index (κ3) is 7.83. The van der Waals surface area contributed by atoms with Crippen molar-refractivity contribution in [1.82, 2.24) is 10.4 Å². The quantitative estimate of drug-likeness (QED) is 0.685. The highest BCUT2D eigenvalue weighted by Crippen LogP contribution is 2.17. The number of aliphatic hydroxyl groups excluding tert-OH is 1. The van der Waals surface area contributed by atoms with Gasteiger partial charge in [0.2, 0.25) is 0 Å². The maximum Gasteiger partial charge on any atom is 0.407 e. The van der Waals surface area contributed by atoms with Crippen LogP contribution in [-0.4, -0.2) is 46.5 Å². The van der Waals surface area contributed by atoms with Crippen molar-refractivity contribution in [2.75, 3.05) is 6.54 Å². The lowest BCUT2D eigenvalue weighted by Crippen LogP contribution is -2.35. The molecule has 0 bridgehead atoms. The summed E-state index contributed by atoms with van der Waals surface area (Å²) in [4.78, 5) is 39.1. The molecule has 0 spiro atoms. The summed E-state index contributed by atoms with van der Waals surface area (Å²) in [5.74, 6) is -0.924. The Balaban J connectivity index is 2.05. The molecule has 0 aromatic carbocycles. The van der Waals surface area contributed by atoms with E-state index in [1.54, 1.807) is 20.8 Å². The SMILES string of the molecule is CC(C)(C)OC(=O)NCCCCCC(=O)ON1C(=O)CCC1O. The van der Waals surface area contributed by atoms with E-state index in [9.17, 15) is 19.5 Å². The van der Waals surface area contributed by atoms with Gasteiger partial charge in [-0.25, -0.2) is 9.59 Å². The molecular weight excluding hydrogens is 304 g/mol. The van der Waals surface area contributed by atoms with Gasteiger partial charge in [0.15, 0.2) is 6.23 Å². The van der Waals surface area contributed by atoms with Gasteiger partial charge in [0.25, 0.3) is 5.91 Å². The number of carbonyl (C=O) groups is 3. The molecule has 132 valence electrons.